The van der Waals surface area contributed by atoms with Gasteiger partial charge < -0.3 is 5.32 Å². The topological polar surface area (TPSA) is 29.9 Å². The molecule has 0 amide bonds. The van der Waals surface area contributed by atoms with Gasteiger partial charge in [-0.3, -0.25) is 4.68 Å². The highest BCUT2D eigenvalue weighted by atomic mass is 35.5. The van der Waals surface area contributed by atoms with Gasteiger partial charge in [0.1, 0.15) is 5.82 Å². The first-order valence-corrected chi connectivity index (χ1v) is 7.64. The van der Waals surface area contributed by atoms with Crippen molar-refractivity contribution in [3.05, 3.63) is 52.6 Å². The second-order valence-electron chi connectivity index (χ2n) is 5.16. The quantitative estimate of drug-likeness (QED) is 0.841. The predicted molar refractivity (Wildman–Crippen MR) is 84.0 cm³/mol. The number of nitrogens with zero attached hydrogens (tertiary/aromatic N) is 2. The van der Waals surface area contributed by atoms with Crippen LogP contribution in [-0.2, 0) is 13.5 Å². The molecule has 3 nitrogen and oxygen atoms in total. The highest BCUT2D eigenvalue weighted by molar-refractivity contribution is 6.30. The minimum Gasteiger partial charge on any atom is -0.310 e. The molecule has 2 aromatic rings. The van der Waals surface area contributed by atoms with E-state index in [1.165, 1.54) is 6.07 Å². The number of hydrogen-bond donors (Lipinski definition) is 1. The fraction of sp³-hybridized carbons (Fsp3) is 0.438. The van der Waals surface area contributed by atoms with Crippen LogP contribution in [0.3, 0.4) is 0 Å². The Labute approximate surface area is 130 Å². The number of nitrogens with one attached hydrogen (secondary N) is 1. The molecule has 0 aliphatic rings. The van der Waals surface area contributed by atoms with Gasteiger partial charge in [-0.1, -0.05) is 24.6 Å². The molecule has 1 atom stereocenters. The molecule has 0 fully saturated rings. The van der Waals surface area contributed by atoms with Crippen molar-refractivity contribution in [2.24, 2.45) is 7.05 Å². The standard InChI is InChI=1S/C16H21ClFN3/c1-3-9-19-16(7-5-13-8-10-20-21(13)2)14-6-4-12(17)11-15(14)18/h4,6,8,10-11,16,19H,3,5,7,9H2,1-2H3. The van der Waals surface area contributed by atoms with E-state index in [-0.39, 0.29) is 11.9 Å². The Hall–Kier alpha value is -1.39. The van der Waals surface area contributed by atoms with E-state index in [4.69, 9.17) is 11.6 Å². The van der Waals surface area contributed by atoms with Crippen LogP contribution in [0, 0.1) is 5.82 Å². The third kappa shape index (κ3) is 4.29. The summed E-state index contributed by atoms with van der Waals surface area (Å²) in [5, 5.41) is 8.01. The van der Waals surface area contributed by atoms with Crippen molar-refractivity contribution in [1.29, 1.82) is 0 Å². The van der Waals surface area contributed by atoms with Crippen LogP contribution in [0.25, 0.3) is 0 Å². The number of hydrogen-bond acceptors (Lipinski definition) is 2. The van der Waals surface area contributed by atoms with Crippen molar-refractivity contribution in [2.45, 2.75) is 32.2 Å². The molecule has 114 valence electrons. The highest BCUT2D eigenvalue weighted by Crippen LogP contribution is 2.24. The average molecular weight is 310 g/mol. The van der Waals surface area contributed by atoms with Crippen LogP contribution in [0.5, 0.6) is 0 Å². The number of halogens is 2. The van der Waals surface area contributed by atoms with Gasteiger partial charge in [0.25, 0.3) is 0 Å². The second-order valence-corrected chi connectivity index (χ2v) is 5.59. The van der Waals surface area contributed by atoms with Crippen LogP contribution < -0.4 is 5.32 Å². The van der Waals surface area contributed by atoms with Gasteiger partial charge in [0.05, 0.1) is 0 Å². The van der Waals surface area contributed by atoms with Gasteiger partial charge in [-0.05, 0) is 44.0 Å². The fourth-order valence-electron chi connectivity index (χ4n) is 2.41. The summed E-state index contributed by atoms with van der Waals surface area (Å²) in [5.41, 5.74) is 1.82. The van der Waals surface area contributed by atoms with Crippen LogP contribution in [0.4, 0.5) is 4.39 Å². The van der Waals surface area contributed by atoms with Crippen molar-refractivity contribution >= 4 is 11.6 Å². The van der Waals surface area contributed by atoms with Gasteiger partial charge in [0.15, 0.2) is 0 Å². The first-order chi connectivity index (χ1) is 10.1. The zero-order valence-corrected chi connectivity index (χ0v) is 13.2. The summed E-state index contributed by atoms with van der Waals surface area (Å²) in [6.45, 7) is 2.96. The summed E-state index contributed by atoms with van der Waals surface area (Å²) >= 11 is 5.83. The van der Waals surface area contributed by atoms with E-state index in [9.17, 15) is 4.39 Å². The van der Waals surface area contributed by atoms with Gasteiger partial charge in [0, 0.05) is 35.6 Å². The lowest BCUT2D eigenvalue weighted by atomic mass is 10.00. The Balaban J connectivity index is 2.12. The molecule has 1 N–H and O–H groups in total. The van der Waals surface area contributed by atoms with E-state index in [0.29, 0.717) is 10.6 Å². The van der Waals surface area contributed by atoms with Crippen LogP contribution in [0.2, 0.25) is 5.02 Å². The van der Waals surface area contributed by atoms with Crippen molar-refractivity contribution in [3.63, 3.8) is 0 Å². The summed E-state index contributed by atoms with van der Waals surface area (Å²) < 4.78 is 16.0. The molecule has 1 aromatic carbocycles. The first-order valence-electron chi connectivity index (χ1n) is 7.27. The van der Waals surface area contributed by atoms with E-state index >= 15 is 0 Å². The molecular weight excluding hydrogens is 289 g/mol. The Kier molecular flexibility index (Phi) is 5.76. The summed E-state index contributed by atoms with van der Waals surface area (Å²) in [6, 6.07) is 6.87. The third-order valence-electron chi connectivity index (χ3n) is 3.59. The molecular formula is C16H21ClFN3. The van der Waals surface area contributed by atoms with Crippen molar-refractivity contribution in [2.75, 3.05) is 6.54 Å². The fourth-order valence-corrected chi connectivity index (χ4v) is 2.57. The first kappa shape index (κ1) is 16.0. The third-order valence-corrected chi connectivity index (χ3v) is 3.83. The summed E-state index contributed by atoms with van der Waals surface area (Å²) in [4.78, 5) is 0. The predicted octanol–water partition coefficient (Wildman–Crippen LogP) is 3.89. The van der Waals surface area contributed by atoms with Crippen molar-refractivity contribution in [3.8, 4) is 0 Å². The van der Waals surface area contributed by atoms with Crippen LogP contribution in [0.1, 0.15) is 37.1 Å². The molecule has 1 heterocycles. The average Bonchev–Trinajstić information content (AvgIpc) is 2.85. The zero-order chi connectivity index (χ0) is 15.2. The van der Waals surface area contributed by atoms with Crippen LogP contribution >= 0.6 is 11.6 Å². The minimum absolute atomic E-state index is 0.0166. The van der Waals surface area contributed by atoms with Crippen molar-refractivity contribution in [1.82, 2.24) is 15.1 Å². The Bertz CT molecular complexity index is 583. The van der Waals surface area contributed by atoms with Crippen LogP contribution in [0.15, 0.2) is 30.5 Å². The van der Waals surface area contributed by atoms with Gasteiger partial charge >= 0.3 is 0 Å². The summed E-state index contributed by atoms with van der Waals surface area (Å²) in [6.07, 6.45) is 4.46. The monoisotopic (exact) mass is 309 g/mol. The van der Waals surface area contributed by atoms with Crippen LogP contribution in [-0.4, -0.2) is 16.3 Å². The second kappa shape index (κ2) is 7.57. The zero-order valence-electron chi connectivity index (χ0n) is 12.4. The lowest BCUT2D eigenvalue weighted by molar-refractivity contribution is 0.468. The van der Waals surface area contributed by atoms with Gasteiger partial charge in [-0.15, -0.1) is 0 Å². The van der Waals surface area contributed by atoms with Gasteiger partial charge in [-0.2, -0.15) is 5.10 Å². The lowest BCUT2D eigenvalue weighted by Crippen LogP contribution is -2.24. The Morgan fingerprint density at radius 1 is 1.38 bits per heavy atom. The molecule has 2 rings (SSSR count). The van der Waals surface area contributed by atoms with Gasteiger partial charge in [0.2, 0.25) is 0 Å². The molecule has 1 unspecified atom stereocenters. The minimum atomic E-state index is -0.249. The molecule has 0 radical (unpaired) electrons. The number of aryl methyl sites for hydroxylation is 2. The van der Waals surface area contributed by atoms with E-state index in [2.05, 4.69) is 17.3 Å². The molecule has 0 saturated heterocycles. The highest BCUT2D eigenvalue weighted by Gasteiger charge is 2.16. The molecule has 0 aliphatic carbocycles. The number of aromatic nitrogens is 2. The van der Waals surface area contributed by atoms with E-state index in [1.807, 2.05) is 17.8 Å². The van der Waals surface area contributed by atoms with Crippen molar-refractivity contribution < 1.29 is 4.39 Å². The molecule has 1 aromatic heterocycles. The Morgan fingerprint density at radius 3 is 2.81 bits per heavy atom. The van der Waals surface area contributed by atoms with Gasteiger partial charge in [-0.25, -0.2) is 4.39 Å². The van der Waals surface area contributed by atoms with E-state index in [1.54, 1.807) is 18.3 Å². The maximum Gasteiger partial charge on any atom is 0.129 e. The molecule has 5 heteroatoms. The maximum atomic E-state index is 14.1. The van der Waals surface area contributed by atoms with E-state index < -0.39 is 0 Å². The summed E-state index contributed by atoms with van der Waals surface area (Å²) in [5.74, 6) is -0.249. The smallest absolute Gasteiger partial charge is 0.129 e. The largest absolute Gasteiger partial charge is 0.310 e. The molecule has 0 saturated carbocycles. The normalized spacial score (nSPS) is 12.6. The lowest BCUT2D eigenvalue weighted by Gasteiger charge is -2.20. The Morgan fingerprint density at radius 2 is 2.19 bits per heavy atom. The number of rotatable bonds is 7. The molecule has 0 aliphatic heterocycles. The molecule has 0 spiro atoms. The molecule has 0 bridgehead atoms. The number of benzene rings is 1. The molecule has 21 heavy (non-hydrogen) atoms. The summed E-state index contributed by atoms with van der Waals surface area (Å²) in [7, 11) is 1.92. The SMILES string of the molecule is CCCNC(CCc1ccnn1C)c1ccc(Cl)cc1F. The van der Waals surface area contributed by atoms with E-state index in [0.717, 1.165) is 31.5 Å². The maximum absolute atomic E-state index is 14.1.